The number of nitrogens with zero attached hydrogens (tertiary/aromatic N) is 2. The Morgan fingerprint density at radius 2 is 1.76 bits per heavy atom. The molecule has 0 saturated carbocycles. The summed E-state index contributed by atoms with van der Waals surface area (Å²) in [4.78, 5) is 27.4. The summed E-state index contributed by atoms with van der Waals surface area (Å²) in [5.41, 5.74) is -0.608. The molecule has 0 aliphatic carbocycles. The molecule has 0 aromatic carbocycles. The molecule has 0 aromatic rings. The highest BCUT2D eigenvalue weighted by atomic mass is 16.6. The number of hydrogen-bond donors (Lipinski definition) is 1. The largest absolute Gasteiger partial charge is 0.480 e. The first-order chi connectivity index (χ1) is 9.78. The Balaban J connectivity index is 2.04. The van der Waals surface area contributed by atoms with Gasteiger partial charge in [-0.1, -0.05) is 6.42 Å². The van der Waals surface area contributed by atoms with Crippen LogP contribution in [-0.2, 0) is 9.53 Å². The number of amides is 1. The van der Waals surface area contributed by atoms with E-state index in [1.807, 2.05) is 0 Å². The van der Waals surface area contributed by atoms with Gasteiger partial charge in [-0.25, -0.2) is 9.59 Å². The third kappa shape index (κ3) is 4.09. The number of hydrogen-bond acceptors (Lipinski definition) is 4. The second kappa shape index (κ2) is 6.22. The Morgan fingerprint density at radius 1 is 1.14 bits per heavy atom. The van der Waals surface area contributed by atoms with Crippen LogP contribution in [0.5, 0.6) is 0 Å². The van der Waals surface area contributed by atoms with Crippen molar-refractivity contribution in [2.24, 2.45) is 0 Å². The van der Waals surface area contributed by atoms with Crippen LogP contribution in [-0.4, -0.2) is 64.3 Å². The molecule has 2 rings (SSSR count). The van der Waals surface area contributed by atoms with Gasteiger partial charge in [-0.15, -0.1) is 0 Å². The van der Waals surface area contributed by atoms with Crippen molar-refractivity contribution in [3.63, 3.8) is 0 Å². The number of carboxylic acids is 1. The summed E-state index contributed by atoms with van der Waals surface area (Å²) in [6, 6.07) is -0.634. The van der Waals surface area contributed by atoms with Crippen LogP contribution in [0.1, 0.15) is 46.5 Å². The minimum Gasteiger partial charge on any atom is -0.480 e. The predicted octanol–water partition coefficient (Wildman–Crippen LogP) is 1.93. The normalized spacial score (nSPS) is 27.7. The van der Waals surface area contributed by atoms with Crippen molar-refractivity contribution in [2.45, 2.75) is 64.1 Å². The van der Waals surface area contributed by atoms with Gasteiger partial charge in [0.25, 0.3) is 0 Å². The predicted molar refractivity (Wildman–Crippen MR) is 78.2 cm³/mol. The highest BCUT2D eigenvalue weighted by Crippen LogP contribution is 2.26. The maximum Gasteiger partial charge on any atom is 0.411 e. The van der Waals surface area contributed by atoms with Gasteiger partial charge in [0.1, 0.15) is 11.6 Å². The number of likely N-dealkylation sites (tertiary alicyclic amines) is 2. The molecule has 2 fully saturated rings. The van der Waals surface area contributed by atoms with E-state index in [0.29, 0.717) is 13.0 Å². The van der Waals surface area contributed by atoms with Crippen LogP contribution in [0, 0.1) is 0 Å². The van der Waals surface area contributed by atoms with E-state index >= 15 is 0 Å². The van der Waals surface area contributed by atoms with Gasteiger partial charge in [0.15, 0.2) is 0 Å². The van der Waals surface area contributed by atoms with Crippen molar-refractivity contribution in [1.82, 2.24) is 9.80 Å². The summed E-state index contributed by atoms with van der Waals surface area (Å²) in [6.07, 6.45) is 3.52. The van der Waals surface area contributed by atoms with E-state index < -0.39 is 23.7 Å². The van der Waals surface area contributed by atoms with Gasteiger partial charge in [0.2, 0.25) is 0 Å². The van der Waals surface area contributed by atoms with Crippen LogP contribution in [0.25, 0.3) is 0 Å². The Kier molecular flexibility index (Phi) is 4.76. The Bertz CT molecular complexity index is 399. The lowest BCUT2D eigenvalue weighted by Gasteiger charge is -2.32. The third-order valence-electron chi connectivity index (χ3n) is 4.10. The standard InChI is InChI=1S/C15H26N2O4/c1-15(2,3)21-14(20)17-10-11(9-12(17)13(18)19)16-7-5-4-6-8-16/h11-12H,4-10H2,1-3H3,(H,18,19)/t11?,12-/m1/s1. The molecule has 6 nitrogen and oxygen atoms in total. The summed E-state index contributed by atoms with van der Waals surface area (Å²) in [5, 5.41) is 9.38. The van der Waals surface area contributed by atoms with Crippen molar-refractivity contribution in [3.05, 3.63) is 0 Å². The van der Waals surface area contributed by atoms with Gasteiger partial charge in [-0.3, -0.25) is 9.80 Å². The van der Waals surface area contributed by atoms with Gasteiger partial charge in [-0.05, 0) is 53.1 Å². The number of ether oxygens (including phenoxy) is 1. The molecule has 2 aliphatic heterocycles. The van der Waals surface area contributed by atoms with E-state index in [-0.39, 0.29) is 6.04 Å². The fourth-order valence-electron chi connectivity index (χ4n) is 3.12. The minimum absolute atomic E-state index is 0.138. The molecule has 1 N–H and O–H groups in total. The highest BCUT2D eigenvalue weighted by molar-refractivity contribution is 5.81. The summed E-state index contributed by atoms with van der Waals surface area (Å²) in [7, 11) is 0. The van der Waals surface area contributed by atoms with E-state index in [1.54, 1.807) is 20.8 Å². The van der Waals surface area contributed by atoms with Crippen LogP contribution in [0.4, 0.5) is 4.79 Å². The zero-order chi connectivity index (χ0) is 15.6. The summed E-state index contributed by atoms with van der Waals surface area (Å²) < 4.78 is 5.34. The molecule has 1 amide bonds. The van der Waals surface area contributed by atoms with E-state index in [2.05, 4.69) is 4.90 Å². The Morgan fingerprint density at radius 3 is 2.29 bits per heavy atom. The number of carbonyl (C=O) groups is 2. The number of carboxylic acid groups (broad SMARTS) is 1. The van der Waals surface area contributed by atoms with Crippen LogP contribution in [0.2, 0.25) is 0 Å². The van der Waals surface area contributed by atoms with Gasteiger partial charge >= 0.3 is 12.1 Å². The molecule has 2 aliphatic rings. The molecule has 2 heterocycles. The maximum absolute atomic E-state index is 12.2. The lowest BCUT2D eigenvalue weighted by atomic mass is 10.1. The zero-order valence-electron chi connectivity index (χ0n) is 13.2. The van der Waals surface area contributed by atoms with Crippen molar-refractivity contribution < 1.29 is 19.4 Å². The molecule has 2 atom stereocenters. The van der Waals surface area contributed by atoms with E-state index in [1.165, 1.54) is 11.3 Å². The van der Waals surface area contributed by atoms with Gasteiger partial charge in [0.05, 0.1) is 0 Å². The van der Waals surface area contributed by atoms with Crippen molar-refractivity contribution >= 4 is 12.1 Å². The van der Waals surface area contributed by atoms with Crippen LogP contribution < -0.4 is 0 Å². The lowest BCUT2D eigenvalue weighted by molar-refractivity contribution is -0.142. The van der Waals surface area contributed by atoms with Crippen LogP contribution in [0.3, 0.4) is 0 Å². The Hall–Kier alpha value is -1.30. The Labute approximate surface area is 126 Å². The molecular formula is C15H26N2O4. The zero-order valence-corrected chi connectivity index (χ0v) is 13.2. The number of rotatable bonds is 2. The molecule has 2 saturated heterocycles. The van der Waals surface area contributed by atoms with Gasteiger partial charge in [0, 0.05) is 12.6 Å². The number of piperidine rings is 1. The van der Waals surface area contributed by atoms with E-state index in [4.69, 9.17) is 4.74 Å². The average molecular weight is 298 g/mol. The van der Waals surface area contributed by atoms with E-state index in [9.17, 15) is 14.7 Å². The van der Waals surface area contributed by atoms with Crippen molar-refractivity contribution in [3.8, 4) is 0 Å². The molecule has 1 unspecified atom stereocenters. The fourth-order valence-corrected chi connectivity index (χ4v) is 3.12. The SMILES string of the molecule is CC(C)(C)OC(=O)N1CC(N2CCCCC2)C[C@@H]1C(=O)O. The van der Waals surface area contributed by atoms with Crippen LogP contribution in [0.15, 0.2) is 0 Å². The molecule has 0 aromatic heterocycles. The molecule has 0 radical (unpaired) electrons. The quantitative estimate of drug-likeness (QED) is 0.843. The first-order valence-corrected chi connectivity index (χ1v) is 7.74. The van der Waals surface area contributed by atoms with E-state index in [0.717, 1.165) is 25.9 Å². The average Bonchev–Trinajstić information content (AvgIpc) is 2.83. The maximum atomic E-state index is 12.2. The highest BCUT2D eigenvalue weighted by Gasteiger charge is 2.43. The lowest BCUT2D eigenvalue weighted by Crippen LogP contribution is -2.44. The summed E-state index contributed by atoms with van der Waals surface area (Å²) in [6.45, 7) is 7.82. The van der Waals surface area contributed by atoms with Gasteiger partial charge < -0.3 is 9.84 Å². The van der Waals surface area contributed by atoms with Crippen molar-refractivity contribution in [1.29, 1.82) is 0 Å². The topological polar surface area (TPSA) is 70.1 Å². The minimum atomic E-state index is -0.944. The molecule has 0 spiro atoms. The molecule has 0 bridgehead atoms. The second-order valence-corrected chi connectivity index (χ2v) is 6.97. The monoisotopic (exact) mass is 298 g/mol. The smallest absolute Gasteiger partial charge is 0.411 e. The first kappa shape index (κ1) is 16.1. The van der Waals surface area contributed by atoms with Gasteiger partial charge in [-0.2, -0.15) is 0 Å². The van der Waals surface area contributed by atoms with Crippen LogP contribution >= 0.6 is 0 Å². The molecular weight excluding hydrogens is 272 g/mol. The molecule has 6 heteroatoms. The number of aliphatic carboxylic acids is 1. The first-order valence-electron chi connectivity index (χ1n) is 7.74. The summed E-state index contributed by atoms with van der Waals surface area (Å²) >= 11 is 0. The number of carbonyl (C=O) groups excluding carboxylic acids is 1. The molecule has 120 valence electrons. The summed E-state index contributed by atoms with van der Waals surface area (Å²) in [5.74, 6) is -0.944. The van der Waals surface area contributed by atoms with Crippen molar-refractivity contribution in [2.75, 3.05) is 19.6 Å². The fraction of sp³-hybridized carbons (Fsp3) is 0.867. The third-order valence-corrected chi connectivity index (χ3v) is 4.10. The molecule has 21 heavy (non-hydrogen) atoms. The second-order valence-electron chi connectivity index (χ2n) is 6.97.